The third kappa shape index (κ3) is 2.91. The summed E-state index contributed by atoms with van der Waals surface area (Å²) in [6.45, 7) is 5.01. The zero-order valence-corrected chi connectivity index (χ0v) is 11.6. The van der Waals surface area contributed by atoms with Gasteiger partial charge in [0.05, 0.1) is 5.92 Å². The van der Waals surface area contributed by atoms with Crippen molar-refractivity contribution >= 4 is 0 Å². The molecule has 0 bridgehead atoms. The zero-order chi connectivity index (χ0) is 13.0. The molecule has 1 saturated carbocycles. The highest BCUT2D eigenvalue weighted by atomic mass is 16.5. The van der Waals surface area contributed by atoms with Crippen LogP contribution in [0.2, 0.25) is 0 Å². The van der Waals surface area contributed by atoms with Gasteiger partial charge in [-0.05, 0) is 31.6 Å². The molecule has 0 aliphatic heterocycles. The van der Waals surface area contributed by atoms with Crippen molar-refractivity contribution in [2.24, 2.45) is 11.7 Å². The Morgan fingerprint density at radius 1 is 1.39 bits per heavy atom. The fraction of sp³-hybridized carbons (Fsp3) is 0.857. The third-order valence-electron chi connectivity index (χ3n) is 4.21. The number of nitrogens with zero attached hydrogens (tertiary/aromatic N) is 2. The topological polar surface area (TPSA) is 64.9 Å². The average molecular weight is 251 g/mol. The summed E-state index contributed by atoms with van der Waals surface area (Å²) in [7, 11) is 0. The van der Waals surface area contributed by atoms with Crippen LogP contribution >= 0.6 is 0 Å². The molecule has 4 heteroatoms. The molecule has 0 spiro atoms. The minimum absolute atomic E-state index is 0.236. The summed E-state index contributed by atoms with van der Waals surface area (Å²) in [5.74, 6) is 3.25. The first kappa shape index (κ1) is 13.5. The third-order valence-corrected chi connectivity index (χ3v) is 4.21. The highest BCUT2D eigenvalue weighted by molar-refractivity contribution is 5.02. The molecule has 0 radical (unpaired) electrons. The monoisotopic (exact) mass is 251 g/mol. The van der Waals surface area contributed by atoms with Crippen LogP contribution in [0.4, 0.5) is 0 Å². The summed E-state index contributed by atoms with van der Waals surface area (Å²) >= 11 is 0. The molecule has 0 saturated heterocycles. The van der Waals surface area contributed by atoms with Crippen molar-refractivity contribution in [3.8, 4) is 0 Å². The first-order valence-electron chi connectivity index (χ1n) is 7.32. The van der Waals surface area contributed by atoms with Gasteiger partial charge in [-0.2, -0.15) is 4.98 Å². The minimum Gasteiger partial charge on any atom is -0.339 e. The van der Waals surface area contributed by atoms with E-state index in [0.717, 1.165) is 30.5 Å². The molecule has 1 fully saturated rings. The summed E-state index contributed by atoms with van der Waals surface area (Å²) in [6.07, 6.45) is 7.12. The van der Waals surface area contributed by atoms with Crippen molar-refractivity contribution in [3.05, 3.63) is 11.7 Å². The summed E-state index contributed by atoms with van der Waals surface area (Å²) in [6, 6.07) is 0. The van der Waals surface area contributed by atoms with E-state index in [0.29, 0.717) is 12.5 Å². The Hall–Kier alpha value is -0.900. The van der Waals surface area contributed by atoms with Gasteiger partial charge >= 0.3 is 0 Å². The molecule has 1 aliphatic carbocycles. The van der Waals surface area contributed by atoms with Crippen LogP contribution in [0.1, 0.15) is 75.9 Å². The van der Waals surface area contributed by atoms with Gasteiger partial charge in [0, 0.05) is 12.5 Å². The quantitative estimate of drug-likeness (QED) is 0.843. The molecule has 102 valence electrons. The maximum absolute atomic E-state index is 5.77. The summed E-state index contributed by atoms with van der Waals surface area (Å²) in [5, 5.41) is 4.18. The predicted octanol–water partition coefficient (Wildman–Crippen LogP) is 3.21. The Morgan fingerprint density at radius 2 is 2.22 bits per heavy atom. The van der Waals surface area contributed by atoms with E-state index >= 15 is 0 Å². The standard InChI is InChI=1S/C14H25N3O/c1-3-5-12(9-15)14-16-13(17-18-14)11-7-6-10(4-2)8-11/h10-12H,3-9,15H2,1-2H3. The molecule has 0 amide bonds. The SMILES string of the molecule is CCCC(CN)c1nc(C2CCC(CC)C2)no1. The number of nitrogens with two attached hydrogens (primary N) is 1. The molecule has 1 aromatic heterocycles. The van der Waals surface area contributed by atoms with Gasteiger partial charge in [0.25, 0.3) is 0 Å². The normalized spacial score (nSPS) is 25.5. The lowest BCUT2D eigenvalue weighted by Crippen LogP contribution is -2.12. The van der Waals surface area contributed by atoms with Crippen LogP contribution < -0.4 is 5.73 Å². The van der Waals surface area contributed by atoms with E-state index in [2.05, 4.69) is 24.0 Å². The first-order chi connectivity index (χ1) is 8.78. The number of hydrogen-bond acceptors (Lipinski definition) is 4. The molecule has 3 atom stereocenters. The molecule has 1 aromatic rings. The highest BCUT2D eigenvalue weighted by Gasteiger charge is 2.29. The Morgan fingerprint density at radius 3 is 2.83 bits per heavy atom. The molecule has 18 heavy (non-hydrogen) atoms. The molecular formula is C14H25N3O. The molecule has 2 N–H and O–H groups in total. The summed E-state index contributed by atoms with van der Waals surface area (Å²) < 4.78 is 5.41. The number of hydrogen-bond donors (Lipinski definition) is 1. The minimum atomic E-state index is 0.236. The fourth-order valence-corrected chi connectivity index (χ4v) is 2.95. The van der Waals surface area contributed by atoms with Crippen LogP contribution in [-0.4, -0.2) is 16.7 Å². The van der Waals surface area contributed by atoms with Crippen molar-refractivity contribution in [1.29, 1.82) is 0 Å². The largest absolute Gasteiger partial charge is 0.339 e. The second-order valence-electron chi connectivity index (χ2n) is 5.50. The van der Waals surface area contributed by atoms with Crippen LogP contribution in [0.5, 0.6) is 0 Å². The van der Waals surface area contributed by atoms with Crippen LogP contribution in [0, 0.1) is 5.92 Å². The van der Waals surface area contributed by atoms with Crippen molar-refractivity contribution in [2.45, 2.75) is 64.2 Å². The molecule has 1 heterocycles. The van der Waals surface area contributed by atoms with Crippen LogP contribution in [0.25, 0.3) is 0 Å². The van der Waals surface area contributed by atoms with E-state index in [1.165, 1.54) is 25.7 Å². The van der Waals surface area contributed by atoms with Crippen molar-refractivity contribution in [3.63, 3.8) is 0 Å². The number of rotatable bonds is 6. The van der Waals surface area contributed by atoms with E-state index in [-0.39, 0.29) is 5.92 Å². The zero-order valence-electron chi connectivity index (χ0n) is 11.6. The van der Waals surface area contributed by atoms with Gasteiger partial charge in [-0.25, -0.2) is 0 Å². The molecular weight excluding hydrogens is 226 g/mol. The van der Waals surface area contributed by atoms with E-state index in [9.17, 15) is 0 Å². The second-order valence-corrected chi connectivity index (χ2v) is 5.50. The Kier molecular flexibility index (Phi) is 4.75. The molecule has 0 aromatic carbocycles. The van der Waals surface area contributed by atoms with E-state index < -0.39 is 0 Å². The van der Waals surface area contributed by atoms with Gasteiger partial charge < -0.3 is 10.3 Å². The van der Waals surface area contributed by atoms with Gasteiger partial charge in [-0.1, -0.05) is 31.8 Å². The summed E-state index contributed by atoms with van der Waals surface area (Å²) in [5.41, 5.74) is 5.77. The van der Waals surface area contributed by atoms with E-state index in [1.54, 1.807) is 0 Å². The predicted molar refractivity (Wildman–Crippen MR) is 71.4 cm³/mol. The molecule has 4 nitrogen and oxygen atoms in total. The lowest BCUT2D eigenvalue weighted by molar-refractivity contribution is 0.341. The smallest absolute Gasteiger partial charge is 0.231 e. The maximum Gasteiger partial charge on any atom is 0.231 e. The average Bonchev–Trinajstić information content (AvgIpc) is 3.03. The Labute approximate surface area is 109 Å². The van der Waals surface area contributed by atoms with Crippen LogP contribution in [0.15, 0.2) is 4.52 Å². The molecule has 1 aliphatic rings. The van der Waals surface area contributed by atoms with Crippen molar-refractivity contribution in [2.75, 3.05) is 6.54 Å². The number of aromatic nitrogens is 2. The highest BCUT2D eigenvalue weighted by Crippen LogP contribution is 2.38. The summed E-state index contributed by atoms with van der Waals surface area (Å²) in [4.78, 5) is 4.59. The van der Waals surface area contributed by atoms with Crippen LogP contribution in [0.3, 0.4) is 0 Å². The van der Waals surface area contributed by atoms with Gasteiger partial charge in [0.2, 0.25) is 5.89 Å². The van der Waals surface area contributed by atoms with Gasteiger partial charge in [-0.3, -0.25) is 0 Å². The lowest BCUT2D eigenvalue weighted by atomic mass is 10.0. The lowest BCUT2D eigenvalue weighted by Gasteiger charge is -2.07. The van der Waals surface area contributed by atoms with Crippen molar-refractivity contribution in [1.82, 2.24) is 10.1 Å². The maximum atomic E-state index is 5.77. The van der Waals surface area contributed by atoms with Gasteiger partial charge in [0.1, 0.15) is 0 Å². The van der Waals surface area contributed by atoms with Crippen molar-refractivity contribution < 1.29 is 4.52 Å². The van der Waals surface area contributed by atoms with Gasteiger partial charge in [-0.15, -0.1) is 0 Å². The van der Waals surface area contributed by atoms with E-state index in [4.69, 9.17) is 10.3 Å². The molecule has 2 rings (SSSR count). The van der Waals surface area contributed by atoms with E-state index in [1.807, 2.05) is 0 Å². The first-order valence-corrected chi connectivity index (χ1v) is 7.32. The Balaban J connectivity index is 2.01. The second kappa shape index (κ2) is 6.32. The van der Waals surface area contributed by atoms with Gasteiger partial charge in [0.15, 0.2) is 5.82 Å². The van der Waals surface area contributed by atoms with Crippen LogP contribution in [-0.2, 0) is 0 Å². The fourth-order valence-electron chi connectivity index (χ4n) is 2.95. The molecule has 3 unspecified atom stereocenters. The Bertz CT molecular complexity index is 364.